The lowest BCUT2D eigenvalue weighted by Gasteiger charge is -2.15. The van der Waals surface area contributed by atoms with E-state index in [9.17, 15) is 0 Å². The smallest absolute Gasteiger partial charge is 0.00549 e. The predicted molar refractivity (Wildman–Crippen MR) is 104 cm³/mol. The van der Waals surface area contributed by atoms with Crippen LogP contribution in [0.3, 0.4) is 0 Å². The van der Waals surface area contributed by atoms with Crippen LogP contribution in [0, 0.1) is 0 Å². The predicted octanol–water partition coefficient (Wildman–Crippen LogP) is 6.61. The molecule has 0 aliphatic heterocycles. The average Bonchev–Trinajstić information content (AvgIpc) is 2.93. The average molecular weight is 314 g/mol. The first-order valence-corrected chi connectivity index (χ1v) is 9.45. The first-order valence-electron chi connectivity index (χ1n) is 9.45. The van der Waals surface area contributed by atoms with Crippen LogP contribution < -0.4 is 0 Å². The molecule has 2 aromatic rings. The van der Waals surface area contributed by atoms with E-state index in [0.717, 1.165) is 6.42 Å². The van der Waals surface area contributed by atoms with Gasteiger partial charge in [-0.15, -0.1) is 0 Å². The molecule has 0 N–H and O–H groups in total. The minimum Gasteiger partial charge on any atom is -0.0795 e. The zero-order chi connectivity index (χ0) is 16.2. The Kier molecular flexibility index (Phi) is 4.64. The van der Waals surface area contributed by atoms with Crippen molar-refractivity contribution in [3.8, 4) is 0 Å². The van der Waals surface area contributed by atoms with E-state index < -0.39 is 0 Å². The van der Waals surface area contributed by atoms with Gasteiger partial charge in [0.05, 0.1) is 0 Å². The summed E-state index contributed by atoms with van der Waals surface area (Å²) in [5.41, 5.74) is 9.43. The minimum absolute atomic E-state index is 1.04. The fourth-order valence-electron chi connectivity index (χ4n) is 4.29. The van der Waals surface area contributed by atoms with Gasteiger partial charge in [0.1, 0.15) is 0 Å². The maximum absolute atomic E-state index is 2.35. The van der Waals surface area contributed by atoms with Gasteiger partial charge in [0.2, 0.25) is 0 Å². The third-order valence-corrected chi connectivity index (χ3v) is 5.47. The Hall–Kier alpha value is -2.08. The van der Waals surface area contributed by atoms with Gasteiger partial charge in [-0.3, -0.25) is 0 Å². The highest BCUT2D eigenvalue weighted by Gasteiger charge is 2.23. The second-order valence-corrected chi connectivity index (χ2v) is 7.14. The molecule has 0 nitrogen and oxygen atoms in total. The summed E-state index contributed by atoms with van der Waals surface area (Å²) in [7, 11) is 0. The van der Waals surface area contributed by atoms with Gasteiger partial charge in [-0.1, -0.05) is 79.1 Å². The first-order chi connectivity index (χ1) is 11.9. The molecule has 0 fully saturated rings. The summed E-state index contributed by atoms with van der Waals surface area (Å²) in [6.45, 7) is 0. The summed E-state index contributed by atoms with van der Waals surface area (Å²) in [5.74, 6) is 0. The largest absolute Gasteiger partial charge is 0.0795 e. The fourth-order valence-corrected chi connectivity index (χ4v) is 4.29. The second kappa shape index (κ2) is 7.21. The van der Waals surface area contributed by atoms with Gasteiger partial charge in [-0.05, 0) is 66.4 Å². The number of allylic oxidation sites excluding steroid dienone is 3. The Bertz CT molecular complexity index is 762. The number of hydrogen-bond donors (Lipinski definition) is 0. The topological polar surface area (TPSA) is 0 Å². The van der Waals surface area contributed by atoms with Crippen LogP contribution in [0.15, 0.2) is 60.2 Å². The molecule has 0 radical (unpaired) electrons. The van der Waals surface area contributed by atoms with E-state index in [4.69, 9.17) is 0 Å². The highest BCUT2D eigenvalue weighted by Crippen LogP contribution is 2.41. The van der Waals surface area contributed by atoms with Crippen molar-refractivity contribution in [2.24, 2.45) is 0 Å². The molecule has 0 heterocycles. The molecule has 24 heavy (non-hydrogen) atoms. The molecule has 0 saturated heterocycles. The van der Waals surface area contributed by atoms with Gasteiger partial charge in [0.25, 0.3) is 0 Å². The van der Waals surface area contributed by atoms with Crippen molar-refractivity contribution in [2.45, 2.75) is 51.4 Å². The molecule has 0 bridgehead atoms. The molecule has 0 amide bonds. The summed E-state index contributed by atoms with van der Waals surface area (Å²) < 4.78 is 0. The summed E-state index contributed by atoms with van der Waals surface area (Å²) in [6, 6.07) is 17.6. The Labute approximate surface area is 145 Å². The van der Waals surface area contributed by atoms with Crippen molar-refractivity contribution in [3.05, 3.63) is 82.4 Å². The molecule has 0 unspecified atom stereocenters. The molecule has 2 aliphatic carbocycles. The maximum atomic E-state index is 2.35. The molecular formula is C24H26. The lowest BCUT2D eigenvalue weighted by molar-refractivity contribution is 0.630. The summed E-state index contributed by atoms with van der Waals surface area (Å²) in [4.78, 5) is 0. The van der Waals surface area contributed by atoms with E-state index in [-0.39, 0.29) is 0 Å². The van der Waals surface area contributed by atoms with Crippen molar-refractivity contribution in [1.29, 1.82) is 0 Å². The van der Waals surface area contributed by atoms with Crippen LogP contribution in [0.4, 0.5) is 0 Å². The summed E-state index contributed by atoms with van der Waals surface area (Å²) >= 11 is 0. The van der Waals surface area contributed by atoms with E-state index in [1.54, 1.807) is 22.3 Å². The zero-order valence-electron chi connectivity index (χ0n) is 14.4. The van der Waals surface area contributed by atoms with E-state index in [1.165, 1.54) is 56.1 Å². The molecule has 2 aliphatic rings. The SMILES string of the molecule is C(=C\c1ccccc1)/Cc1cccc2c1C1=C(CCCCCC1)C2. The minimum atomic E-state index is 1.04. The normalized spacial score (nSPS) is 17.5. The lowest BCUT2D eigenvalue weighted by atomic mass is 9.90. The monoisotopic (exact) mass is 314 g/mol. The van der Waals surface area contributed by atoms with E-state index in [0.29, 0.717) is 0 Å². The lowest BCUT2D eigenvalue weighted by Crippen LogP contribution is -1.95. The van der Waals surface area contributed by atoms with Gasteiger partial charge in [-0.2, -0.15) is 0 Å². The van der Waals surface area contributed by atoms with Crippen LogP contribution >= 0.6 is 0 Å². The molecular weight excluding hydrogens is 288 g/mol. The molecule has 0 saturated carbocycles. The van der Waals surface area contributed by atoms with E-state index in [1.807, 2.05) is 0 Å². The zero-order valence-corrected chi connectivity index (χ0v) is 14.4. The number of fused-ring (bicyclic) bond motifs is 2. The Morgan fingerprint density at radius 2 is 1.62 bits per heavy atom. The number of rotatable bonds is 3. The molecule has 122 valence electrons. The summed E-state index contributed by atoms with van der Waals surface area (Å²) in [6.07, 6.45) is 15.0. The van der Waals surface area contributed by atoms with Crippen LogP contribution in [-0.2, 0) is 12.8 Å². The van der Waals surface area contributed by atoms with Crippen LogP contribution in [0.1, 0.15) is 60.8 Å². The van der Waals surface area contributed by atoms with Gasteiger partial charge in [-0.25, -0.2) is 0 Å². The highest BCUT2D eigenvalue weighted by molar-refractivity contribution is 5.79. The molecule has 0 spiro atoms. The summed E-state index contributed by atoms with van der Waals surface area (Å²) in [5, 5.41) is 0. The van der Waals surface area contributed by atoms with Crippen LogP contribution in [-0.4, -0.2) is 0 Å². The Morgan fingerprint density at radius 3 is 2.50 bits per heavy atom. The maximum Gasteiger partial charge on any atom is -0.00549 e. The molecule has 4 rings (SSSR count). The molecule has 0 heteroatoms. The number of benzene rings is 2. The third kappa shape index (κ3) is 3.24. The van der Waals surface area contributed by atoms with Crippen molar-refractivity contribution < 1.29 is 0 Å². The molecule has 0 atom stereocenters. The quantitative estimate of drug-likeness (QED) is 0.598. The van der Waals surface area contributed by atoms with Crippen LogP contribution in [0.25, 0.3) is 11.6 Å². The highest BCUT2D eigenvalue weighted by atomic mass is 14.3. The van der Waals surface area contributed by atoms with Crippen LogP contribution in [0.2, 0.25) is 0 Å². The van der Waals surface area contributed by atoms with Gasteiger partial charge in [0.15, 0.2) is 0 Å². The first kappa shape index (κ1) is 15.4. The van der Waals surface area contributed by atoms with E-state index >= 15 is 0 Å². The van der Waals surface area contributed by atoms with Gasteiger partial charge >= 0.3 is 0 Å². The Balaban J connectivity index is 1.60. The Morgan fingerprint density at radius 1 is 0.792 bits per heavy atom. The van der Waals surface area contributed by atoms with E-state index in [2.05, 4.69) is 60.7 Å². The fraction of sp³-hybridized carbons (Fsp3) is 0.333. The number of hydrogen-bond acceptors (Lipinski definition) is 0. The second-order valence-electron chi connectivity index (χ2n) is 7.14. The molecule has 2 aromatic carbocycles. The molecule has 0 aromatic heterocycles. The van der Waals surface area contributed by atoms with Gasteiger partial charge in [0, 0.05) is 0 Å². The van der Waals surface area contributed by atoms with Crippen molar-refractivity contribution in [3.63, 3.8) is 0 Å². The third-order valence-electron chi connectivity index (χ3n) is 5.47. The van der Waals surface area contributed by atoms with Crippen molar-refractivity contribution in [1.82, 2.24) is 0 Å². The van der Waals surface area contributed by atoms with Gasteiger partial charge < -0.3 is 0 Å². The standard InChI is InChI=1S/C24H26/c1-2-7-17-23-21(13-6-1)18-22-16-9-15-20(24(22)23)14-8-12-19-10-4-3-5-11-19/h3-5,8-12,15-16H,1-2,6-7,13-14,17-18H2/b12-8+. The van der Waals surface area contributed by atoms with Crippen molar-refractivity contribution in [2.75, 3.05) is 0 Å². The van der Waals surface area contributed by atoms with Crippen LogP contribution in [0.5, 0.6) is 0 Å². The van der Waals surface area contributed by atoms with Crippen molar-refractivity contribution >= 4 is 11.6 Å².